The molecule has 8 heteroatoms. The van der Waals surface area contributed by atoms with Crippen LogP contribution in [0.2, 0.25) is 0 Å². The van der Waals surface area contributed by atoms with Crippen molar-refractivity contribution in [2.24, 2.45) is 0 Å². The van der Waals surface area contributed by atoms with Crippen molar-refractivity contribution in [3.63, 3.8) is 0 Å². The minimum absolute atomic E-state index is 0.0411. The van der Waals surface area contributed by atoms with Gasteiger partial charge in [0.15, 0.2) is 10.2 Å². The minimum atomic E-state index is -0.448. The molecule has 18 heavy (non-hydrogen) atoms. The molecule has 0 radical (unpaired) electrons. The average Bonchev–Trinajstić information content (AvgIpc) is 2.82. The molecule has 2 aromatic rings. The molecule has 2 rings (SSSR count). The van der Waals surface area contributed by atoms with Crippen LogP contribution in [0.1, 0.15) is 0 Å². The van der Waals surface area contributed by atoms with Crippen molar-refractivity contribution in [1.29, 1.82) is 0 Å². The molecule has 0 aliphatic heterocycles. The lowest BCUT2D eigenvalue weighted by atomic mass is 10.3. The summed E-state index contributed by atoms with van der Waals surface area (Å²) < 4.78 is 0. The maximum absolute atomic E-state index is 10.5. The standard InChI is InChI=1S/C10H8N4O2S2/c15-14(16)8-3-1-7(2-4-8)12-9(17)13-10-11-5-6-18-10/h1-6H,(H2,11,12,13,17). The summed E-state index contributed by atoms with van der Waals surface area (Å²) in [4.78, 5) is 14.1. The maximum Gasteiger partial charge on any atom is 0.269 e. The van der Waals surface area contributed by atoms with Gasteiger partial charge in [-0.15, -0.1) is 11.3 Å². The molecule has 0 aliphatic carbocycles. The predicted molar refractivity (Wildman–Crippen MR) is 75.1 cm³/mol. The normalized spacial score (nSPS) is 9.78. The van der Waals surface area contributed by atoms with E-state index in [0.717, 1.165) is 0 Å². The molecule has 0 atom stereocenters. The number of hydrogen-bond donors (Lipinski definition) is 2. The van der Waals surface area contributed by atoms with E-state index >= 15 is 0 Å². The Balaban J connectivity index is 1.97. The van der Waals surface area contributed by atoms with Gasteiger partial charge >= 0.3 is 0 Å². The molecule has 0 saturated heterocycles. The highest BCUT2D eigenvalue weighted by atomic mass is 32.1. The van der Waals surface area contributed by atoms with Crippen LogP contribution >= 0.6 is 23.6 Å². The summed E-state index contributed by atoms with van der Waals surface area (Å²) in [5.74, 6) is 0. The first-order chi connectivity index (χ1) is 8.65. The van der Waals surface area contributed by atoms with Crippen molar-refractivity contribution in [2.45, 2.75) is 0 Å². The van der Waals surface area contributed by atoms with Gasteiger partial charge in [-0.3, -0.25) is 10.1 Å². The number of nitrogens with zero attached hydrogens (tertiary/aromatic N) is 2. The van der Waals surface area contributed by atoms with Crippen molar-refractivity contribution in [3.8, 4) is 0 Å². The molecule has 0 amide bonds. The lowest BCUT2D eigenvalue weighted by Gasteiger charge is -2.07. The Kier molecular flexibility index (Phi) is 3.80. The number of thiazole rings is 1. The Hall–Kier alpha value is -2.06. The molecule has 0 unspecified atom stereocenters. The third kappa shape index (κ3) is 3.22. The van der Waals surface area contributed by atoms with E-state index in [1.165, 1.54) is 23.5 Å². The Morgan fingerprint density at radius 2 is 2.06 bits per heavy atom. The molecular weight excluding hydrogens is 272 g/mol. The van der Waals surface area contributed by atoms with Crippen LogP contribution in [0.15, 0.2) is 35.8 Å². The summed E-state index contributed by atoms with van der Waals surface area (Å²) in [6.45, 7) is 0. The van der Waals surface area contributed by atoms with Gasteiger partial charge < -0.3 is 10.6 Å². The number of non-ortho nitro benzene ring substituents is 1. The second-order valence-electron chi connectivity index (χ2n) is 3.22. The van der Waals surface area contributed by atoms with Gasteiger partial charge in [0.1, 0.15) is 0 Å². The van der Waals surface area contributed by atoms with Crippen LogP contribution < -0.4 is 10.6 Å². The van der Waals surface area contributed by atoms with Crippen LogP contribution in [0.4, 0.5) is 16.5 Å². The molecule has 1 aromatic heterocycles. The fourth-order valence-electron chi connectivity index (χ4n) is 1.21. The summed E-state index contributed by atoms with van der Waals surface area (Å²) in [5, 5.41) is 19.2. The number of anilines is 2. The van der Waals surface area contributed by atoms with Crippen molar-refractivity contribution < 1.29 is 4.92 Å². The molecule has 1 aromatic carbocycles. The number of rotatable bonds is 3. The molecule has 0 saturated carbocycles. The number of benzene rings is 1. The quantitative estimate of drug-likeness (QED) is 0.511. The Bertz CT molecular complexity index is 554. The van der Waals surface area contributed by atoms with E-state index in [1.54, 1.807) is 18.3 Å². The summed E-state index contributed by atoms with van der Waals surface area (Å²) in [6.07, 6.45) is 1.67. The Morgan fingerprint density at radius 1 is 1.33 bits per heavy atom. The van der Waals surface area contributed by atoms with Crippen molar-refractivity contribution in [3.05, 3.63) is 46.0 Å². The first kappa shape index (κ1) is 12.4. The van der Waals surface area contributed by atoms with Crippen LogP contribution in [-0.4, -0.2) is 15.0 Å². The maximum atomic E-state index is 10.5. The summed E-state index contributed by atoms with van der Waals surface area (Å²) in [5.41, 5.74) is 0.717. The monoisotopic (exact) mass is 280 g/mol. The second kappa shape index (κ2) is 5.52. The van der Waals surface area contributed by atoms with Crippen molar-refractivity contribution in [1.82, 2.24) is 4.98 Å². The lowest BCUT2D eigenvalue weighted by molar-refractivity contribution is -0.384. The number of thiocarbonyl (C=S) groups is 1. The molecule has 2 N–H and O–H groups in total. The molecule has 0 spiro atoms. The van der Waals surface area contributed by atoms with E-state index in [9.17, 15) is 10.1 Å². The lowest BCUT2D eigenvalue weighted by Crippen LogP contribution is -2.18. The molecule has 92 valence electrons. The topological polar surface area (TPSA) is 80.1 Å². The highest BCUT2D eigenvalue weighted by Crippen LogP contribution is 2.16. The minimum Gasteiger partial charge on any atom is -0.332 e. The van der Waals surface area contributed by atoms with Crippen LogP contribution in [-0.2, 0) is 0 Å². The van der Waals surface area contributed by atoms with Gasteiger partial charge in [0.25, 0.3) is 5.69 Å². The molecule has 6 nitrogen and oxygen atoms in total. The van der Waals surface area contributed by atoms with E-state index in [1.807, 2.05) is 5.38 Å². The van der Waals surface area contributed by atoms with E-state index in [2.05, 4.69) is 15.6 Å². The smallest absolute Gasteiger partial charge is 0.269 e. The third-order valence-electron chi connectivity index (χ3n) is 1.99. The highest BCUT2D eigenvalue weighted by molar-refractivity contribution is 7.80. The molecular formula is C10H8N4O2S2. The molecule has 0 bridgehead atoms. The largest absolute Gasteiger partial charge is 0.332 e. The summed E-state index contributed by atoms with van der Waals surface area (Å²) in [7, 11) is 0. The van der Waals surface area contributed by atoms with Crippen LogP contribution in [0.5, 0.6) is 0 Å². The zero-order valence-electron chi connectivity index (χ0n) is 8.99. The van der Waals surface area contributed by atoms with Crippen molar-refractivity contribution in [2.75, 3.05) is 10.6 Å². The van der Waals surface area contributed by atoms with Crippen LogP contribution in [0.3, 0.4) is 0 Å². The van der Waals surface area contributed by atoms with E-state index < -0.39 is 4.92 Å². The SMILES string of the molecule is O=[N+]([O-])c1ccc(NC(=S)Nc2nccs2)cc1. The number of nitrogens with one attached hydrogen (secondary N) is 2. The second-order valence-corrected chi connectivity index (χ2v) is 4.52. The highest BCUT2D eigenvalue weighted by Gasteiger charge is 2.05. The average molecular weight is 280 g/mol. The van der Waals surface area contributed by atoms with E-state index in [0.29, 0.717) is 15.9 Å². The van der Waals surface area contributed by atoms with Crippen LogP contribution in [0, 0.1) is 10.1 Å². The molecule has 1 heterocycles. The number of nitro groups is 1. The Morgan fingerprint density at radius 3 is 2.61 bits per heavy atom. The van der Waals surface area contributed by atoms with Gasteiger partial charge in [-0.2, -0.15) is 0 Å². The van der Waals surface area contributed by atoms with Gasteiger partial charge in [0.2, 0.25) is 0 Å². The number of hydrogen-bond acceptors (Lipinski definition) is 5. The number of aromatic nitrogens is 1. The zero-order chi connectivity index (χ0) is 13.0. The fourth-order valence-corrected chi connectivity index (χ4v) is 2.02. The van der Waals surface area contributed by atoms with E-state index in [-0.39, 0.29) is 5.69 Å². The predicted octanol–water partition coefficient (Wildman–Crippen LogP) is 2.86. The fraction of sp³-hybridized carbons (Fsp3) is 0. The van der Waals surface area contributed by atoms with E-state index in [4.69, 9.17) is 12.2 Å². The van der Waals surface area contributed by atoms with Gasteiger partial charge in [-0.05, 0) is 24.4 Å². The summed E-state index contributed by atoms with van der Waals surface area (Å²) in [6, 6.07) is 6.00. The zero-order valence-corrected chi connectivity index (χ0v) is 10.6. The van der Waals surface area contributed by atoms with Gasteiger partial charge in [-0.1, -0.05) is 0 Å². The first-order valence-electron chi connectivity index (χ1n) is 4.87. The van der Waals surface area contributed by atoms with Crippen LogP contribution in [0.25, 0.3) is 0 Å². The number of nitro benzene ring substituents is 1. The first-order valence-corrected chi connectivity index (χ1v) is 6.16. The molecule has 0 fully saturated rings. The Labute approximate surface area is 112 Å². The van der Waals surface area contributed by atoms with Gasteiger partial charge in [0.05, 0.1) is 4.92 Å². The van der Waals surface area contributed by atoms with Crippen molar-refractivity contribution >= 4 is 45.2 Å². The van der Waals surface area contributed by atoms with Gasteiger partial charge in [0, 0.05) is 29.4 Å². The molecule has 0 aliphatic rings. The summed E-state index contributed by atoms with van der Waals surface area (Å²) >= 11 is 6.51. The third-order valence-corrected chi connectivity index (χ3v) is 2.88. The van der Waals surface area contributed by atoms with Gasteiger partial charge in [-0.25, -0.2) is 4.98 Å².